The van der Waals surface area contributed by atoms with Crippen LogP contribution >= 0.6 is 0 Å². The number of ketones is 1. The molecule has 3 rings (SSSR count). The molecule has 2 aliphatic carbocycles. The minimum absolute atomic E-state index is 0.183. The lowest BCUT2D eigenvalue weighted by Crippen LogP contribution is -2.59. The van der Waals surface area contributed by atoms with Crippen LogP contribution in [-0.4, -0.2) is 64.8 Å². The molecule has 5 atom stereocenters. The van der Waals surface area contributed by atoms with E-state index in [9.17, 15) is 24.0 Å². The molecule has 5 unspecified atom stereocenters. The summed E-state index contributed by atoms with van der Waals surface area (Å²) < 4.78 is 5.43. The van der Waals surface area contributed by atoms with E-state index in [0.29, 0.717) is 31.2 Å². The van der Waals surface area contributed by atoms with Crippen LogP contribution in [-0.2, 0) is 23.9 Å². The maximum atomic E-state index is 14.1. The Morgan fingerprint density at radius 2 is 1.62 bits per heavy atom. The average Bonchev–Trinajstić information content (AvgIpc) is 3.32. The van der Waals surface area contributed by atoms with Crippen molar-refractivity contribution >= 4 is 29.6 Å². The first-order valence-electron chi connectivity index (χ1n) is 14.3. The number of rotatable bonds is 9. The summed E-state index contributed by atoms with van der Waals surface area (Å²) in [7, 11) is 0. The van der Waals surface area contributed by atoms with E-state index in [1.807, 2.05) is 20.8 Å². The lowest BCUT2D eigenvalue weighted by atomic mass is 9.80. The van der Waals surface area contributed by atoms with Crippen molar-refractivity contribution in [3.63, 3.8) is 0 Å². The van der Waals surface area contributed by atoms with Gasteiger partial charge in [-0.1, -0.05) is 53.9 Å². The Balaban J connectivity index is 1.87. The van der Waals surface area contributed by atoms with Crippen molar-refractivity contribution in [3.8, 4) is 0 Å². The highest BCUT2D eigenvalue weighted by atomic mass is 16.6. The summed E-state index contributed by atoms with van der Waals surface area (Å²) in [6.45, 7) is 15.5. The third-order valence-electron chi connectivity index (χ3n) is 8.55. The lowest BCUT2D eigenvalue weighted by molar-refractivity contribution is -0.143. The quantitative estimate of drug-likeness (QED) is 0.377. The van der Waals surface area contributed by atoms with Gasteiger partial charge in [-0.15, -0.1) is 0 Å². The van der Waals surface area contributed by atoms with Gasteiger partial charge in [0.05, 0.1) is 6.04 Å². The maximum Gasteiger partial charge on any atom is 0.408 e. The smallest absolute Gasteiger partial charge is 0.408 e. The Labute approximate surface area is 232 Å². The fraction of sp³-hybridized carbons (Fsp3) is 0.828. The number of likely N-dealkylation sites (tertiary alicyclic amines) is 1. The molecule has 0 aromatic rings. The second-order valence-corrected chi connectivity index (χ2v) is 14.4. The Morgan fingerprint density at radius 3 is 2.05 bits per heavy atom. The second kappa shape index (κ2) is 11.1. The van der Waals surface area contributed by atoms with Crippen molar-refractivity contribution in [3.05, 3.63) is 0 Å². The van der Waals surface area contributed by atoms with Crippen molar-refractivity contribution in [2.75, 3.05) is 6.54 Å². The number of ether oxygens (including phenoxy) is 1. The molecular formula is C29H48N4O6. The minimum Gasteiger partial charge on any atom is -0.444 e. The number of carbonyl (C=O) groups excluding carboxylic acids is 5. The van der Waals surface area contributed by atoms with Crippen LogP contribution in [0.15, 0.2) is 0 Å². The summed E-state index contributed by atoms with van der Waals surface area (Å²) in [6.07, 6.45) is 3.97. The van der Waals surface area contributed by atoms with Crippen LogP contribution in [0.5, 0.6) is 0 Å². The van der Waals surface area contributed by atoms with Gasteiger partial charge in [0.15, 0.2) is 0 Å². The number of hydrogen-bond acceptors (Lipinski definition) is 6. The first kappa shape index (κ1) is 30.9. The van der Waals surface area contributed by atoms with Gasteiger partial charge in [-0.2, -0.15) is 0 Å². The number of hydrogen-bond donors (Lipinski definition) is 3. The first-order chi connectivity index (χ1) is 17.8. The number of alkyl carbamates (subject to hydrolysis) is 1. The molecule has 4 amide bonds. The zero-order valence-corrected chi connectivity index (χ0v) is 24.9. The lowest BCUT2D eigenvalue weighted by Gasteiger charge is -2.36. The highest BCUT2D eigenvalue weighted by molar-refractivity contribution is 6.37. The highest BCUT2D eigenvalue weighted by Crippen LogP contribution is 2.63. The van der Waals surface area contributed by atoms with E-state index < -0.39 is 52.8 Å². The van der Waals surface area contributed by atoms with E-state index in [2.05, 4.69) is 24.5 Å². The van der Waals surface area contributed by atoms with Crippen LogP contribution in [0.3, 0.4) is 0 Å². The third kappa shape index (κ3) is 7.31. The fourth-order valence-corrected chi connectivity index (χ4v) is 6.19. The number of Topliss-reactive ketones (excluding diaryl/α,β-unsaturated/α-hetero) is 1. The van der Waals surface area contributed by atoms with Gasteiger partial charge >= 0.3 is 6.09 Å². The van der Waals surface area contributed by atoms with Crippen molar-refractivity contribution in [1.29, 1.82) is 0 Å². The van der Waals surface area contributed by atoms with Crippen LogP contribution in [0.25, 0.3) is 0 Å². The Morgan fingerprint density at radius 1 is 1.00 bits per heavy atom. The summed E-state index contributed by atoms with van der Waals surface area (Å²) in [6, 6.07) is -2.77. The van der Waals surface area contributed by atoms with Crippen molar-refractivity contribution in [1.82, 2.24) is 15.5 Å². The molecular weight excluding hydrogens is 500 g/mol. The van der Waals surface area contributed by atoms with Crippen LogP contribution in [0, 0.1) is 28.6 Å². The van der Waals surface area contributed by atoms with E-state index in [0.717, 1.165) is 25.7 Å². The number of carbonyl (C=O) groups is 5. The molecule has 220 valence electrons. The first-order valence-corrected chi connectivity index (χ1v) is 14.3. The van der Waals surface area contributed by atoms with Gasteiger partial charge in [0.25, 0.3) is 5.91 Å². The molecule has 1 spiro atoms. The van der Waals surface area contributed by atoms with E-state index in [4.69, 9.17) is 10.5 Å². The van der Waals surface area contributed by atoms with E-state index in [-0.39, 0.29) is 17.2 Å². The predicted octanol–water partition coefficient (Wildman–Crippen LogP) is 2.92. The predicted molar refractivity (Wildman–Crippen MR) is 146 cm³/mol. The van der Waals surface area contributed by atoms with Crippen molar-refractivity contribution in [2.24, 2.45) is 34.3 Å². The molecule has 10 nitrogen and oxygen atoms in total. The molecule has 1 saturated heterocycles. The molecule has 2 saturated carbocycles. The number of nitrogens with one attached hydrogen (secondary N) is 2. The number of nitrogens with zero attached hydrogens (tertiary/aromatic N) is 1. The van der Waals surface area contributed by atoms with Gasteiger partial charge < -0.3 is 26.0 Å². The van der Waals surface area contributed by atoms with E-state index >= 15 is 0 Å². The summed E-state index contributed by atoms with van der Waals surface area (Å²) in [5, 5.41) is 5.54. The summed E-state index contributed by atoms with van der Waals surface area (Å²) in [5.74, 6) is -1.70. The van der Waals surface area contributed by atoms with Gasteiger partial charge in [-0.25, -0.2) is 4.79 Å². The van der Waals surface area contributed by atoms with Crippen LogP contribution in [0.4, 0.5) is 4.79 Å². The van der Waals surface area contributed by atoms with E-state index in [1.165, 1.54) is 0 Å². The standard InChI is InChI=1S/C29H48N4O6/c1-16(2)18-13-29(18)14-20(24(36)31-19(21(34)23(30)35)12-17-10-9-11-17)33(15-29)25(37)22(27(3,4)5)32-26(38)39-28(6,7)8/h16-20,22H,9-15H2,1-8H3,(H2,30,35)(H,31,36)(H,32,38). The number of amides is 4. The molecule has 0 bridgehead atoms. The topological polar surface area (TPSA) is 148 Å². The molecule has 0 aromatic carbocycles. The van der Waals surface area contributed by atoms with Crippen LogP contribution < -0.4 is 16.4 Å². The average molecular weight is 549 g/mol. The fourth-order valence-electron chi connectivity index (χ4n) is 6.19. The molecule has 1 heterocycles. The molecule has 0 aromatic heterocycles. The van der Waals surface area contributed by atoms with E-state index in [1.54, 1.807) is 25.7 Å². The molecule has 1 aliphatic heterocycles. The zero-order chi connectivity index (χ0) is 29.5. The molecule has 3 aliphatic rings. The van der Waals surface area contributed by atoms with Crippen molar-refractivity contribution < 1.29 is 28.7 Å². The minimum atomic E-state index is -1.08. The zero-order valence-electron chi connectivity index (χ0n) is 24.9. The normalized spacial score (nSPS) is 26.5. The molecule has 39 heavy (non-hydrogen) atoms. The van der Waals surface area contributed by atoms with Crippen LogP contribution in [0.2, 0.25) is 0 Å². The Bertz CT molecular complexity index is 993. The van der Waals surface area contributed by atoms with Gasteiger partial charge in [0.1, 0.15) is 17.7 Å². The Hall–Kier alpha value is -2.65. The monoisotopic (exact) mass is 548 g/mol. The number of primary amides is 1. The van der Waals surface area contributed by atoms with Gasteiger partial charge in [-0.05, 0) is 68.6 Å². The SMILES string of the molecule is CC(C)C1CC12CC(C(=O)NC(CC1CCC1)C(=O)C(N)=O)N(C(=O)C(NC(=O)OC(C)(C)C)C(C)(C)C)C2. The van der Waals surface area contributed by atoms with Gasteiger partial charge in [0.2, 0.25) is 17.6 Å². The third-order valence-corrected chi connectivity index (χ3v) is 8.55. The molecule has 4 N–H and O–H groups in total. The summed E-state index contributed by atoms with van der Waals surface area (Å²) in [5.41, 5.74) is 3.71. The van der Waals surface area contributed by atoms with Gasteiger partial charge in [0, 0.05) is 6.54 Å². The largest absolute Gasteiger partial charge is 0.444 e. The second-order valence-electron chi connectivity index (χ2n) is 14.4. The Kier molecular flexibility index (Phi) is 8.78. The maximum absolute atomic E-state index is 14.1. The highest BCUT2D eigenvalue weighted by Gasteiger charge is 2.63. The summed E-state index contributed by atoms with van der Waals surface area (Å²) in [4.78, 5) is 66.4. The van der Waals surface area contributed by atoms with Crippen molar-refractivity contribution in [2.45, 2.75) is 118 Å². The molecule has 10 heteroatoms. The number of nitrogens with two attached hydrogens (primary N) is 1. The molecule has 0 radical (unpaired) electrons. The van der Waals surface area contributed by atoms with Gasteiger partial charge in [-0.3, -0.25) is 19.2 Å². The summed E-state index contributed by atoms with van der Waals surface area (Å²) >= 11 is 0. The molecule has 3 fully saturated rings. The van der Waals surface area contributed by atoms with Crippen LogP contribution in [0.1, 0.15) is 93.9 Å².